The molecular weight excluding hydrogens is 335 g/mol. The summed E-state index contributed by atoms with van der Waals surface area (Å²) >= 11 is 14.1. The van der Waals surface area contributed by atoms with Crippen molar-refractivity contribution in [1.82, 2.24) is 9.78 Å². The predicted octanol–water partition coefficient (Wildman–Crippen LogP) is 5.63. The lowest BCUT2D eigenvalue weighted by Crippen LogP contribution is -1.93. The third-order valence-electron chi connectivity index (χ3n) is 3.31. The van der Waals surface area contributed by atoms with Gasteiger partial charge in [-0.25, -0.2) is 0 Å². The lowest BCUT2D eigenvalue weighted by molar-refractivity contribution is 0.697. The summed E-state index contributed by atoms with van der Waals surface area (Å²) in [5.41, 5.74) is 3.02. The summed E-state index contributed by atoms with van der Waals surface area (Å²) in [6.45, 7) is 0. The second-order valence-corrected chi connectivity index (χ2v) is 6.49. The number of halogens is 2. The molecule has 0 N–H and O–H groups in total. The molecule has 2 nitrogen and oxygen atoms in total. The molecule has 0 spiro atoms. The zero-order valence-corrected chi connectivity index (χ0v) is 14.3. The first-order chi connectivity index (χ1) is 10.7. The summed E-state index contributed by atoms with van der Waals surface area (Å²) in [6, 6.07) is 17.9. The fraction of sp³-hybridized carbons (Fsp3) is 0.118. The third-order valence-corrected chi connectivity index (χ3v) is 5.30. The molecule has 112 valence electrons. The van der Waals surface area contributed by atoms with Crippen LogP contribution in [0.4, 0.5) is 0 Å². The van der Waals surface area contributed by atoms with E-state index in [1.807, 2.05) is 66.3 Å². The minimum atomic E-state index is 0.408. The van der Waals surface area contributed by atoms with Crippen LogP contribution in [0, 0.1) is 0 Å². The SMILES string of the molecule is Cn1nc(-c2ccccc2)c(CCl)c1Sc1ccccc1Cl. The average Bonchev–Trinajstić information content (AvgIpc) is 2.86. The van der Waals surface area contributed by atoms with E-state index < -0.39 is 0 Å². The number of nitrogens with zero attached hydrogens (tertiary/aromatic N) is 2. The predicted molar refractivity (Wildman–Crippen MR) is 93.8 cm³/mol. The van der Waals surface area contributed by atoms with Crippen molar-refractivity contribution in [2.24, 2.45) is 7.05 Å². The summed E-state index contributed by atoms with van der Waals surface area (Å²) in [7, 11) is 1.93. The van der Waals surface area contributed by atoms with E-state index >= 15 is 0 Å². The van der Waals surface area contributed by atoms with E-state index in [1.165, 1.54) is 0 Å². The number of aryl methyl sites for hydroxylation is 1. The maximum atomic E-state index is 6.26. The third kappa shape index (κ3) is 3.02. The number of hydrogen-bond acceptors (Lipinski definition) is 2. The fourth-order valence-corrected chi connectivity index (χ4v) is 3.83. The highest BCUT2D eigenvalue weighted by atomic mass is 35.5. The Hall–Kier alpha value is -1.42. The van der Waals surface area contributed by atoms with E-state index in [4.69, 9.17) is 23.2 Å². The Labute approximate surface area is 144 Å². The Morgan fingerprint density at radius 3 is 2.41 bits per heavy atom. The minimum Gasteiger partial charge on any atom is -0.261 e. The van der Waals surface area contributed by atoms with Crippen molar-refractivity contribution in [3.8, 4) is 11.3 Å². The molecule has 3 aromatic rings. The van der Waals surface area contributed by atoms with E-state index in [1.54, 1.807) is 11.8 Å². The van der Waals surface area contributed by atoms with Crippen molar-refractivity contribution in [3.05, 3.63) is 65.2 Å². The molecule has 0 bridgehead atoms. The van der Waals surface area contributed by atoms with Crippen molar-refractivity contribution in [1.29, 1.82) is 0 Å². The standard InChI is InChI=1S/C17H14Cl2N2S/c1-21-17(22-15-10-6-5-9-14(15)19)13(11-18)16(20-21)12-7-3-2-4-8-12/h2-10H,11H2,1H3. The summed E-state index contributed by atoms with van der Waals surface area (Å²) in [6.07, 6.45) is 0. The van der Waals surface area contributed by atoms with Crippen LogP contribution in [-0.2, 0) is 12.9 Å². The Kier molecular flexibility index (Phi) is 4.77. The van der Waals surface area contributed by atoms with Crippen LogP contribution in [0.25, 0.3) is 11.3 Å². The largest absolute Gasteiger partial charge is 0.261 e. The van der Waals surface area contributed by atoms with Crippen LogP contribution in [0.1, 0.15) is 5.56 Å². The number of hydrogen-bond donors (Lipinski definition) is 0. The second kappa shape index (κ2) is 6.78. The fourth-order valence-electron chi connectivity index (χ4n) is 2.26. The molecule has 1 aromatic heterocycles. The maximum absolute atomic E-state index is 6.26. The molecule has 0 aliphatic carbocycles. The van der Waals surface area contributed by atoms with E-state index in [9.17, 15) is 0 Å². The lowest BCUT2D eigenvalue weighted by atomic mass is 10.1. The van der Waals surface area contributed by atoms with Crippen LogP contribution in [-0.4, -0.2) is 9.78 Å². The molecular formula is C17H14Cl2N2S. The second-order valence-electron chi connectivity index (χ2n) is 4.79. The minimum absolute atomic E-state index is 0.408. The van der Waals surface area contributed by atoms with E-state index in [2.05, 4.69) is 5.10 Å². The quantitative estimate of drug-likeness (QED) is 0.568. The molecule has 0 unspecified atom stereocenters. The molecule has 5 heteroatoms. The molecule has 0 fully saturated rings. The van der Waals surface area contributed by atoms with Gasteiger partial charge in [0.05, 0.1) is 16.6 Å². The molecule has 0 amide bonds. The van der Waals surface area contributed by atoms with Gasteiger partial charge in [-0.2, -0.15) is 5.10 Å². The van der Waals surface area contributed by atoms with Crippen LogP contribution in [0.3, 0.4) is 0 Å². The van der Waals surface area contributed by atoms with Gasteiger partial charge in [-0.3, -0.25) is 4.68 Å². The Morgan fingerprint density at radius 1 is 1.05 bits per heavy atom. The lowest BCUT2D eigenvalue weighted by Gasteiger charge is -2.06. The molecule has 3 rings (SSSR count). The number of rotatable bonds is 4. The van der Waals surface area contributed by atoms with Gasteiger partial charge in [-0.1, -0.05) is 65.8 Å². The molecule has 0 radical (unpaired) electrons. The van der Waals surface area contributed by atoms with Crippen LogP contribution in [0.5, 0.6) is 0 Å². The van der Waals surface area contributed by atoms with Gasteiger partial charge in [0.15, 0.2) is 0 Å². The van der Waals surface area contributed by atoms with Crippen molar-refractivity contribution < 1.29 is 0 Å². The van der Waals surface area contributed by atoms with E-state index in [-0.39, 0.29) is 0 Å². The number of alkyl halides is 1. The van der Waals surface area contributed by atoms with Crippen LogP contribution >= 0.6 is 35.0 Å². The molecule has 2 aromatic carbocycles. The Balaban J connectivity index is 2.06. The number of benzene rings is 2. The first kappa shape index (κ1) is 15.5. The average molecular weight is 349 g/mol. The van der Waals surface area contributed by atoms with Gasteiger partial charge in [0, 0.05) is 23.1 Å². The first-order valence-electron chi connectivity index (χ1n) is 6.80. The van der Waals surface area contributed by atoms with Gasteiger partial charge < -0.3 is 0 Å². The topological polar surface area (TPSA) is 17.8 Å². The summed E-state index contributed by atoms with van der Waals surface area (Å²) < 4.78 is 1.87. The highest BCUT2D eigenvalue weighted by molar-refractivity contribution is 7.99. The van der Waals surface area contributed by atoms with Gasteiger partial charge in [0.2, 0.25) is 0 Å². The molecule has 0 aliphatic rings. The van der Waals surface area contributed by atoms with Gasteiger partial charge in [0.1, 0.15) is 5.03 Å². The molecule has 1 heterocycles. The maximum Gasteiger partial charge on any atom is 0.104 e. The van der Waals surface area contributed by atoms with E-state index in [0.29, 0.717) is 5.88 Å². The van der Waals surface area contributed by atoms with Crippen molar-refractivity contribution >= 4 is 35.0 Å². The van der Waals surface area contributed by atoms with Gasteiger partial charge in [-0.05, 0) is 12.1 Å². The molecule has 0 saturated heterocycles. The van der Waals surface area contributed by atoms with Gasteiger partial charge >= 0.3 is 0 Å². The van der Waals surface area contributed by atoms with Crippen molar-refractivity contribution in [3.63, 3.8) is 0 Å². The van der Waals surface area contributed by atoms with Crippen LogP contribution in [0.15, 0.2) is 64.5 Å². The molecule has 22 heavy (non-hydrogen) atoms. The number of aromatic nitrogens is 2. The smallest absolute Gasteiger partial charge is 0.104 e. The normalized spacial score (nSPS) is 10.9. The van der Waals surface area contributed by atoms with Crippen LogP contribution in [0.2, 0.25) is 5.02 Å². The zero-order chi connectivity index (χ0) is 15.5. The summed E-state index contributed by atoms with van der Waals surface area (Å²) in [5, 5.41) is 6.39. The summed E-state index contributed by atoms with van der Waals surface area (Å²) in [5.74, 6) is 0.408. The van der Waals surface area contributed by atoms with Gasteiger partial charge in [0.25, 0.3) is 0 Å². The van der Waals surface area contributed by atoms with Crippen molar-refractivity contribution in [2.45, 2.75) is 15.8 Å². The highest BCUT2D eigenvalue weighted by Gasteiger charge is 2.18. The van der Waals surface area contributed by atoms with Crippen LogP contribution < -0.4 is 0 Å². The first-order valence-corrected chi connectivity index (χ1v) is 8.53. The van der Waals surface area contributed by atoms with Gasteiger partial charge in [-0.15, -0.1) is 11.6 Å². The zero-order valence-electron chi connectivity index (χ0n) is 12.0. The Morgan fingerprint density at radius 2 is 1.73 bits per heavy atom. The monoisotopic (exact) mass is 348 g/mol. The van der Waals surface area contributed by atoms with E-state index in [0.717, 1.165) is 31.8 Å². The molecule has 0 saturated carbocycles. The molecule has 0 aliphatic heterocycles. The van der Waals surface area contributed by atoms with Crippen molar-refractivity contribution in [2.75, 3.05) is 0 Å². The highest BCUT2D eigenvalue weighted by Crippen LogP contribution is 2.38. The molecule has 0 atom stereocenters. The summed E-state index contributed by atoms with van der Waals surface area (Å²) in [4.78, 5) is 0.998. The Bertz CT molecular complexity index is 785.